The Kier molecular flexibility index (Phi) is 10.0. The summed E-state index contributed by atoms with van der Waals surface area (Å²) in [4.78, 5) is 26.5. The lowest BCUT2D eigenvalue weighted by Gasteiger charge is -2.26. The zero-order chi connectivity index (χ0) is 15.5. The monoisotopic (exact) mass is 287 g/mol. The number of amides is 1. The normalized spacial score (nSPS) is 12.7. The SMILES string of the molecule is CCN(CC)CCCN(CC)CC(NC(C)=O)C(=O)O. The fourth-order valence-electron chi connectivity index (χ4n) is 2.13. The molecule has 0 spiro atoms. The van der Waals surface area contributed by atoms with Gasteiger partial charge in [0.25, 0.3) is 0 Å². The topological polar surface area (TPSA) is 72.9 Å². The van der Waals surface area contributed by atoms with Crippen LogP contribution in [0.1, 0.15) is 34.1 Å². The molecule has 0 aromatic carbocycles. The molecular weight excluding hydrogens is 258 g/mol. The zero-order valence-corrected chi connectivity index (χ0v) is 13.2. The number of likely N-dealkylation sites (N-methyl/N-ethyl adjacent to an activating group) is 1. The number of nitrogens with zero attached hydrogens (tertiary/aromatic N) is 2. The minimum atomic E-state index is -0.984. The van der Waals surface area contributed by atoms with Crippen molar-refractivity contribution in [1.82, 2.24) is 15.1 Å². The number of hydrogen-bond acceptors (Lipinski definition) is 4. The van der Waals surface area contributed by atoms with E-state index in [2.05, 4.69) is 29.0 Å². The molecule has 0 aliphatic heterocycles. The number of rotatable bonds is 11. The van der Waals surface area contributed by atoms with Gasteiger partial charge in [-0.3, -0.25) is 4.79 Å². The van der Waals surface area contributed by atoms with E-state index in [1.54, 1.807) is 0 Å². The maximum Gasteiger partial charge on any atom is 0.327 e. The van der Waals surface area contributed by atoms with E-state index in [0.717, 1.165) is 39.1 Å². The maximum absolute atomic E-state index is 11.1. The van der Waals surface area contributed by atoms with Crippen LogP contribution in [0.3, 0.4) is 0 Å². The zero-order valence-electron chi connectivity index (χ0n) is 13.2. The third-order valence-electron chi connectivity index (χ3n) is 3.41. The van der Waals surface area contributed by atoms with Gasteiger partial charge in [0.05, 0.1) is 0 Å². The number of nitrogens with one attached hydrogen (secondary N) is 1. The first kappa shape index (κ1) is 18.9. The van der Waals surface area contributed by atoms with Crippen LogP contribution in [0.25, 0.3) is 0 Å². The van der Waals surface area contributed by atoms with Crippen molar-refractivity contribution in [3.63, 3.8) is 0 Å². The molecule has 0 rings (SSSR count). The van der Waals surface area contributed by atoms with Crippen molar-refractivity contribution in [2.24, 2.45) is 0 Å². The van der Waals surface area contributed by atoms with E-state index in [-0.39, 0.29) is 5.91 Å². The van der Waals surface area contributed by atoms with Crippen molar-refractivity contribution >= 4 is 11.9 Å². The summed E-state index contributed by atoms with van der Waals surface area (Å²) < 4.78 is 0. The Hall–Kier alpha value is -1.14. The second-order valence-corrected chi connectivity index (χ2v) is 4.87. The van der Waals surface area contributed by atoms with Crippen LogP contribution in [0.5, 0.6) is 0 Å². The lowest BCUT2D eigenvalue weighted by molar-refractivity contribution is -0.142. The van der Waals surface area contributed by atoms with Gasteiger partial charge in [-0.1, -0.05) is 20.8 Å². The smallest absolute Gasteiger partial charge is 0.327 e. The number of carboxylic acids is 1. The first-order chi connectivity index (χ1) is 9.44. The molecule has 6 heteroatoms. The predicted molar refractivity (Wildman–Crippen MR) is 79.8 cm³/mol. The summed E-state index contributed by atoms with van der Waals surface area (Å²) in [5.41, 5.74) is 0. The van der Waals surface area contributed by atoms with Crippen molar-refractivity contribution in [3.8, 4) is 0 Å². The van der Waals surface area contributed by atoms with Crippen LogP contribution in [0.2, 0.25) is 0 Å². The molecule has 0 aromatic heterocycles. The summed E-state index contributed by atoms with van der Waals surface area (Å²) in [7, 11) is 0. The molecule has 0 bridgehead atoms. The molecule has 6 nitrogen and oxygen atoms in total. The molecule has 0 aliphatic rings. The first-order valence-corrected chi connectivity index (χ1v) is 7.39. The van der Waals surface area contributed by atoms with Crippen LogP contribution < -0.4 is 5.32 Å². The van der Waals surface area contributed by atoms with Crippen molar-refractivity contribution in [2.75, 3.05) is 39.3 Å². The highest BCUT2D eigenvalue weighted by molar-refractivity contribution is 5.82. The average molecular weight is 287 g/mol. The van der Waals surface area contributed by atoms with Gasteiger partial charge in [-0.05, 0) is 39.1 Å². The van der Waals surface area contributed by atoms with Gasteiger partial charge < -0.3 is 20.2 Å². The molecule has 0 aliphatic carbocycles. The molecule has 20 heavy (non-hydrogen) atoms. The van der Waals surface area contributed by atoms with Crippen LogP contribution >= 0.6 is 0 Å². The average Bonchev–Trinajstić information content (AvgIpc) is 2.40. The number of carbonyl (C=O) groups excluding carboxylic acids is 1. The van der Waals surface area contributed by atoms with E-state index >= 15 is 0 Å². The van der Waals surface area contributed by atoms with E-state index in [1.165, 1.54) is 6.92 Å². The van der Waals surface area contributed by atoms with Crippen LogP contribution in [-0.2, 0) is 9.59 Å². The number of carbonyl (C=O) groups is 2. The third-order valence-corrected chi connectivity index (χ3v) is 3.41. The van der Waals surface area contributed by atoms with Gasteiger partial charge in [-0.25, -0.2) is 4.79 Å². The maximum atomic E-state index is 11.1. The van der Waals surface area contributed by atoms with Gasteiger partial charge >= 0.3 is 5.97 Å². The summed E-state index contributed by atoms with van der Waals surface area (Å²) in [5.74, 6) is -1.29. The quantitative estimate of drug-likeness (QED) is 0.583. The number of aliphatic carboxylic acids is 1. The fourth-order valence-corrected chi connectivity index (χ4v) is 2.13. The molecule has 0 heterocycles. The molecule has 0 fully saturated rings. The Labute approximate surface area is 122 Å². The summed E-state index contributed by atoms with van der Waals surface area (Å²) in [6.45, 7) is 12.7. The van der Waals surface area contributed by atoms with Crippen LogP contribution in [0, 0.1) is 0 Å². The van der Waals surface area contributed by atoms with E-state index in [1.807, 2.05) is 6.92 Å². The Bertz CT molecular complexity index is 293. The molecule has 1 unspecified atom stereocenters. The standard InChI is InChI=1S/C14H29N3O3/c1-5-16(6-2)9-8-10-17(7-3)11-13(14(19)20)15-12(4)18/h13H,5-11H2,1-4H3,(H,15,18)(H,19,20). The Morgan fingerprint density at radius 1 is 1.05 bits per heavy atom. The lowest BCUT2D eigenvalue weighted by Crippen LogP contribution is -2.48. The molecule has 1 amide bonds. The van der Waals surface area contributed by atoms with Crippen molar-refractivity contribution in [2.45, 2.75) is 40.2 Å². The molecule has 1 atom stereocenters. The number of carboxylic acid groups (broad SMARTS) is 1. The highest BCUT2D eigenvalue weighted by atomic mass is 16.4. The van der Waals surface area contributed by atoms with Crippen LogP contribution in [0.15, 0.2) is 0 Å². The summed E-state index contributed by atoms with van der Waals surface area (Å²) in [6.07, 6.45) is 1.00. The van der Waals surface area contributed by atoms with Gasteiger partial charge in [-0.15, -0.1) is 0 Å². The second-order valence-electron chi connectivity index (χ2n) is 4.87. The Balaban J connectivity index is 4.23. The molecule has 2 N–H and O–H groups in total. The van der Waals surface area contributed by atoms with E-state index < -0.39 is 12.0 Å². The van der Waals surface area contributed by atoms with Crippen LogP contribution in [0.4, 0.5) is 0 Å². The largest absolute Gasteiger partial charge is 0.480 e. The molecule has 0 radical (unpaired) electrons. The highest BCUT2D eigenvalue weighted by Crippen LogP contribution is 1.98. The molecule has 0 saturated carbocycles. The van der Waals surface area contributed by atoms with Gasteiger partial charge in [0, 0.05) is 13.5 Å². The van der Waals surface area contributed by atoms with Crippen molar-refractivity contribution < 1.29 is 14.7 Å². The van der Waals surface area contributed by atoms with E-state index in [0.29, 0.717) is 6.54 Å². The third kappa shape index (κ3) is 8.12. The highest BCUT2D eigenvalue weighted by Gasteiger charge is 2.21. The lowest BCUT2D eigenvalue weighted by atomic mass is 10.2. The summed E-state index contributed by atoms with van der Waals surface area (Å²) in [6, 6.07) is -0.832. The summed E-state index contributed by atoms with van der Waals surface area (Å²) >= 11 is 0. The number of hydrogen-bond donors (Lipinski definition) is 2. The predicted octanol–water partition coefficient (Wildman–Crippen LogP) is 0.630. The first-order valence-electron chi connectivity index (χ1n) is 7.39. The Morgan fingerprint density at radius 2 is 1.55 bits per heavy atom. The van der Waals surface area contributed by atoms with Gasteiger partial charge in [0.2, 0.25) is 5.91 Å². The van der Waals surface area contributed by atoms with E-state index in [4.69, 9.17) is 5.11 Å². The minimum absolute atomic E-state index is 0.309. The van der Waals surface area contributed by atoms with Crippen molar-refractivity contribution in [1.29, 1.82) is 0 Å². The van der Waals surface area contributed by atoms with Gasteiger partial charge in [-0.2, -0.15) is 0 Å². The van der Waals surface area contributed by atoms with Crippen molar-refractivity contribution in [3.05, 3.63) is 0 Å². The van der Waals surface area contributed by atoms with Crippen LogP contribution in [-0.4, -0.2) is 72.1 Å². The fraction of sp³-hybridized carbons (Fsp3) is 0.857. The van der Waals surface area contributed by atoms with Gasteiger partial charge in [0.1, 0.15) is 6.04 Å². The van der Waals surface area contributed by atoms with E-state index in [9.17, 15) is 9.59 Å². The molecule has 118 valence electrons. The summed E-state index contributed by atoms with van der Waals surface area (Å²) in [5, 5.41) is 11.6. The second kappa shape index (κ2) is 10.6. The molecule has 0 saturated heterocycles. The molecular formula is C14H29N3O3. The minimum Gasteiger partial charge on any atom is -0.480 e. The van der Waals surface area contributed by atoms with Gasteiger partial charge in [0.15, 0.2) is 0 Å². The Morgan fingerprint density at radius 3 is 1.95 bits per heavy atom. The molecule has 0 aromatic rings.